The van der Waals surface area contributed by atoms with Crippen LogP contribution in [0.25, 0.3) is 28.3 Å². The molecule has 0 atom stereocenters. The average Bonchev–Trinajstić information content (AvgIpc) is 2.91. The predicted octanol–water partition coefficient (Wildman–Crippen LogP) is 6.32. The highest BCUT2D eigenvalue weighted by molar-refractivity contribution is 5.81. The minimum atomic E-state index is -4.61. The van der Waals surface area contributed by atoms with E-state index < -0.39 is 18.5 Å². The zero-order valence-electron chi connectivity index (χ0n) is 22.3. The molecule has 0 aromatic heterocycles. The Morgan fingerprint density at radius 3 is 2.18 bits per heavy atom. The molecule has 3 rings (SSSR count). The zero-order valence-corrected chi connectivity index (χ0v) is 22.3. The van der Waals surface area contributed by atoms with Crippen molar-refractivity contribution >= 4 is 6.08 Å². The minimum absolute atomic E-state index is 0.0870. The summed E-state index contributed by atoms with van der Waals surface area (Å²) in [6, 6.07) is 20.2. The summed E-state index contributed by atoms with van der Waals surface area (Å²) in [5.74, 6) is 0. The van der Waals surface area contributed by atoms with Crippen LogP contribution in [-0.2, 0) is 6.54 Å². The number of hydrogen-bond donors (Lipinski definition) is 4. The molecule has 4 N–H and O–H groups in total. The number of hydrogen-bond acceptors (Lipinski definition) is 4. The summed E-state index contributed by atoms with van der Waals surface area (Å²) in [5, 5.41) is 23.5. The molecule has 0 unspecified atom stereocenters. The maximum atomic E-state index is 13.6. The summed E-state index contributed by atoms with van der Waals surface area (Å²) in [5.41, 5.74) is 7.13. The molecule has 0 aliphatic rings. The molecule has 3 aromatic carbocycles. The van der Waals surface area contributed by atoms with Gasteiger partial charge < -0.3 is 20.8 Å². The highest BCUT2D eigenvalue weighted by Gasteiger charge is 2.35. The fraction of sp³-hybridized carbons (Fsp3) is 0.250. The van der Waals surface area contributed by atoms with Crippen LogP contribution in [0, 0.1) is 13.8 Å². The summed E-state index contributed by atoms with van der Waals surface area (Å²) < 4.78 is 40.8. The average molecular weight is 537 g/mol. The maximum absolute atomic E-state index is 13.6. The van der Waals surface area contributed by atoms with E-state index in [0.717, 1.165) is 50.6 Å². The van der Waals surface area contributed by atoms with Gasteiger partial charge in [0.1, 0.15) is 5.70 Å². The van der Waals surface area contributed by atoms with Gasteiger partial charge in [0.05, 0.1) is 13.2 Å². The van der Waals surface area contributed by atoms with E-state index in [9.17, 15) is 13.2 Å². The lowest BCUT2D eigenvalue weighted by atomic mass is 9.89. The summed E-state index contributed by atoms with van der Waals surface area (Å²) in [4.78, 5) is 0. The molecule has 0 radical (unpaired) electrons. The number of aliphatic hydroxyl groups is 2. The van der Waals surface area contributed by atoms with E-state index in [1.54, 1.807) is 6.08 Å². The van der Waals surface area contributed by atoms with Crippen molar-refractivity contribution in [2.75, 3.05) is 26.3 Å². The molecule has 0 aliphatic carbocycles. The second-order valence-electron chi connectivity index (χ2n) is 9.11. The third-order valence-electron chi connectivity index (χ3n) is 6.50. The second kappa shape index (κ2) is 13.9. The Bertz CT molecular complexity index is 1340. The van der Waals surface area contributed by atoms with Crippen LogP contribution in [0.5, 0.6) is 0 Å². The van der Waals surface area contributed by atoms with Gasteiger partial charge in [-0.2, -0.15) is 13.2 Å². The van der Waals surface area contributed by atoms with Gasteiger partial charge in [-0.05, 0) is 64.4 Å². The van der Waals surface area contributed by atoms with E-state index >= 15 is 0 Å². The monoisotopic (exact) mass is 536 g/mol. The van der Waals surface area contributed by atoms with Crippen molar-refractivity contribution < 1.29 is 23.4 Å². The SMILES string of the molecule is C=CC(/C=C/c1cccc(-c2cccc(-c3cccc(CNCCO)c3)c2C)c1C)=C(\NCCO)C(F)(F)F. The van der Waals surface area contributed by atoms with E-state index in [4.69, 9.17) is 10.2 Å². The first-order chi connectivity index (χ1) is 18.7. The molecule has 0 amide bonds. The van der Waals surface area contributed by atoms with E-state index in [1.807, 2.05) is 43.3 Å². The summed E-state index contributed by atoms with van der Waals surface area (Å²) >= 11 is 0. The van der Waals surface area contributed by atoms with Gasteiger partial charge in [-0.15, -0.1) is 0 Å². The first kappa shape index (κ1) is 29.9. The van der Waals surface area contributed by atoms with Gasteiger partial charge in [0.15, 0.2) is 0 Å². The lowest BCUT2D eigenvalue weighted by molar-refractivity contribution is -0.0973. The molecule has 0 fully saturated rings. The lowest BCUT2D eigenvalue weighted by Gasteiger charge is -2.17. The Morgan fingerprint density at radius 2 is 1.51 bits per heavy atom. The summed E-state index contributed by atoms with van der Waals surface area (Å²) in [6.45, 7) is 8.23. The number of rotatable bonds is 12. The maximum Gasteiger partial charge on any atom is 0.431 e. The van der Waals surface area contributed by atoms with Gasteiger partial charge in [0.25, 0.3) is 0 Å². The molecule has 3 aromatic rings. The Morgan fingerprint density at radius 1 is 0.872 bits per heavy atom. The molecular weight excluding hydrogens is 501 g/mol. The van der Waals surface area contributed by atoms with Gasteiger partial charge in [-0.3, -0.25) is 0 Å². The molecule has 0 saturated carbocycles. The molecule has 0 aliphatic heterocycles. The van der Waals surface area contributed by atoms with E-state index in [-0.39, 0.29) is 18.7 Å². The highest BCUT2D eigenvalue weighted by Crippen LogP contribution is 2.35. The van der Waals surface area contributed by atoms with E-state index in [0.29, 0.717) is 13.1 Å². The van der Waals surface area contributed by atoms with Gasteiger partial charge in [-0.25, -0.2) is 0 Å². The highest BCUT2D eigenvalue weighted by atomic mass is 19.4. The van der Waals surface area contributed by atoms with Crippen LogP contribution in [0.3, 0.4) is 0 Å². The van der Waals surface area contributed by atoms with Crippen molar-refractivity contribution in [3.63, 3.8) is 0 Å². The van der Waals surface area contributed by atoms with Crippen molar-refractivity contribution in [2.24, 2.45) is 0 Å². The fourth-order valence-electron chi connectivity index (χ4n) is 4.51. The zero-order chi connectivity index (χ0) is 28.4. The first-order valence-electron chi connectivity index (χ1n) is 12.8. The number of alkyl halides is 3. The van der Waals surface area contributed by atoms with Crippen LogP contribution in [0.4, 0.5) is 13.2 Å². The summed E-state index contributed by atoms with van der Waals surface area (Å²) in [6.07, 6.45) is -0.399. The third kappa shape index (κ3) is 7.69. The molecule has 0 bridgehead atoms. The summed E-state index contributed by atoms with van der Waals surface area (Å²) in [7, 11) is 0. The quantitative estimate of drug-likeness (QED) is 0.162. The van der Waals surface area contributed by atoms with Gasteiger partial charge in [0.2, 0.25) is 0 Å². The molecule has 4 nitrogen and oxygen atoms in total. The smallest absolute Gasteiger partial charge is 0.395 e. The molecule has 7 heteroatoms. The van der Waals surface area contributed by atoms with Crippen LogP contribution in [0.2, 0.25) is 0 Å². The van der Waals surface area contributed by atoms with Crippen molar-refractivity contribution in [1.82, 2.24) is 10.6 Å². The van der Waals surface area contributed by atoms with Crippen molar-refractivity contribution in [1.29, 1.82) is 0 Å². The molecule has 206 valence electrons. The van der Waals surface area contributed by atoms with Crippen molar-refractivity contribution in [3.05, 3.63) is 113 Å². The van der Waals surface area contributed by atoms with Crippen LogP contribution < -0.4 is 10.6 Å². The number of allylic oxidation sites excluding steroid dienone is 4. The molecule has 0 heterocycles. The Hall–Kier alpha value is -3.65. The second-order valence-corrected chi connectivity index (χ2v) is 9.11. The Labute approximate surface area is 228 Å². The van der Waals surface area contributed by atoms with E-state index in [2.05, 4.69) is 48.4 Å². The third-order valence-corrected chi connectivity index (χ3v) is 6.50. The first-order valence-corrected chi connectivity index (χ1v) is 12.8. The number of nitrogens with one attached hydrogen (secondary N) is 2. The molecule has 39 heavy (non-hydrogen) atoms. The van der Waals surface area contributed by atoms with Gasteiger partial charge in [-0.1, -0.05) is 79.4 Å². The largest absolute Gasteiger partial charge is 0.431 e. The Kier molecular flexibility index (Phi) is 10.7. The van der Waals surface area contributed by atoms with Crippen molar-refractivity contribution in [2.45, 2.75) is 26.6 Å². The molecular formula is C32H35F3N2O2. The number of halogens is 3. The van der Waals surface area contributed by atoms with Crippen LogP contribution in [-0.4, -0.2) is 42.7 Å². The van der Waals surface area contributed by atoms with E-state index in [1.165, 1.54) is 6.08 Å². The van der Waals surface area contributed by atoms with Crippen LogP contribution >= 0.6 is 0 Å². The fourth-order valence-corrected chi connectivity index (χ4v) is 4.51. The van der Waals surface area contributed by atoms with Gasteiger partial charge in [0, 0.05) is 25.2 Å². The van der Waals surface area contributed by atoms with Crippen molar-refractivity contribution in [3.8, 4) is 22.3 Å². The van der Waals surface area contributed by atoms with Crippen LogP contribution in [0.15, 0.2) is 90.7 Å². The normalized spacial score (nSPS) is 12.5. The Balaban J connectivity index is 2.00. The molecule has 0 spiro atoms. The topological polar surface area (TPSA) is 64.5 Å². The number of aliphatic hydroxyl groups excluding tert-OH is 2. The minimum Gasteiger partial charge on any atom is -0.395 e. The number of benzene rings is 3. The van der Waals surface area contributed by atoms with Gasteiger partial charge >= 0.3 is 6.18 Å². The molecule has 0 saturated heterocycles. The predicted molar refractivity (Wildman–Crippen MR) is 153 cm³/mol. The standard InChI is InChI=1S/C32H35F3N2O2/c1-4-25(31(32(33,34)35)37-17-19-39)14-15-26-9-6-12-29(22(26)2)30-13-7-11-28(23(30)3)27-10-5-8-24(20-27)21-36-16-18-38/h4-15,20,36-39H,1,16-19,21H2,2-3H3/b15-14+,31-25+. The van der Waals surface area contributed by atoms with Crippen LogP contribution in [0.1, 0.15) is 22.3 Å². The lowest BCUT2D eigenvalue weighted by Crippen LogP contribution is -2.29.